The first-order valence-corrected chi connectivity index (χ1v) is 24.0. The van der Waals surface area contributed by atoms with E-state index >= 15 is 0 Å². The summed E-state index contributed by atoms with van der Waals surface area (Å²) in [5.74, 6) is 0.286. The van der Waals surface area contributed by atoms with Crippen LogP contribution in [-0.2, 0) is 5.41 Å². The standard InChI is InChI=1S/C43H33N.C18H14S.C2H6/c1-3-13-31(14-4-1)32-23-25-33(26-24-32)37-17-9-12-22-42(37)44-36-29-27-35(28-30-36)43(34-15-5-2-6-16-34)40-20-10-7-18-38(40)39-19-8-11-21-41(39)43;1-2-6-13(7-3-1)14-10-11-18-16(12-14)15-8-4-5-9-17(15)19-18;1-2/h1-16,18-30,37,44H,17H2;2,4-12H,1,3H2;1-2H3. The third kappa shape index (κ3) is 8.00. The fourth-order valence-corrected chi connectivity index (χ4v) is 11.1. The van der Waals surface area contributed by atoms with Crippen molar-refractivity contribution in [3.05, 3.63) is 276 Å². The van der Waals surface area contributed by atoms with Crippen LogP contribution in [0, 0.1) is 0 Å². The van der Waals surface area contributed by atoms with E-state index in [4.69, 9.17) is 0 Å². The number of hydrogen-bond donors (Lipinski definition) is 1. The number of benzene rings is 8. The molecule has 2 heteroatoms. The zero-order valence-corrected chi connectivity index (χ0v) is 37.9. The zero-order valence-electron chi connectivity index (χ0n) is 37.1. The van der Waals surface area contributed by atoms with Gasteiger partial charge in [-0.2, -0.15) is 0 Å². The van der Waals surface area contributed by atoms with Crippen molar-refractivity contribution in [2.45, 2.75) is 44.4 Å². The van der Waals surface area contributed by atoms with E-state index < -0.39 is 0 Å². The largest absolute Gasteiger partial charge is 0.358 e. The van der Waals surface area contributed by atoms with Gasteiger partial charge in [-0.15, -0.1) is 11.3 Å². The normalized spacial score (nSPS) is 15.4. The van der Waals surface area contributed by atoms with Gasteiger partial charge in [0.05, 0.1) is 5.41 Å². The number of nitrogens with one attached hydrogen (secondary N) is 1. The van der Waals surface area contributed by atoms with Gasteiger partial charge in [-0.1, -0.05) is 214 Å². The monoisotopic (exact) mass is 855 g/mol. The fourth-order valence-electron chi connectivity index (χ4n) is 10.0. The third-order valence-electron chi connectivity index (χ3n) is 13.0. The Bertz CT molecular complexity index is 3150. The van der Waals surface area contributed by atoms with Gasteiger partial charge in [0.25, 0.3) is 0 Å². The highest BCUT2D eigenvalue weighted by atomic mass is 32.1. The summed E-state index contributed by atoms with van der Waals surface area (Å²) in [5.41, 5.74) is 16.4. The van der Waals surface area contributed by atoms with Gasteiger partial charge in [0.1, 0.15) is 0 Å². The van der Waals surface area contributed by atoms with E-state index in [0.29, 0.717) is 0 Å². The lowest BCUT2D eigenvalue weighted by molar-refractivity contribution is 0.768. The van der Waals surface area contributed by atoms with E-state index in [9.17, 15) is 0 Å². The Morgan fingerprint density at radius 1 is 0.508 bits per heavy atom. The Hall–Kier alpha value is -7.26. The summed E-state index contributed by atoms with van der Waals surface area (Å²) in [6.07, 6.45) is 16.8. The van der Waals surface area contributed by atoms with Crippen LogP contribution in [0.4, 0.5) is 5.69 Å². The lowest BCUT2D eigenvalue weighted by Gasteiger charge is -2.34. The van der Waals surface area contributed by atoms with Gasteiger partial charge in [0.2, 0.25) is 0 Å². The SMILES string of the molecule is C1=CC(c2ccc3sc4ccccc4c3c2)=CCC1.C1=CCC(c2ccc(-c3ccccc3)cc2)C(Nc2ccc(C3(c4ccccc4)c4ccccc4-c4ccccc43)cc2)=C1.CC. The highest BCUT2D eigenvalue weighted by Gasteiger charge is 2.45. The Morgan fingerprint density at radius 2 is 1.11 bits per heavy atom. The molecule has 0 saturated carbocycles. The molecular formula is C63H53NS. The molecule has 9 aromatic rings. The summed E-state index contributed by atoms with van der Waals surface area (Å²) in [4.78, 5) is 0. The summed E-state index contributed by atoms with van der Waals surface area (Å²) in [5, 5.41) is 6.56. The van der Waals surface area contributed by atoms with E-state index in [0.717, 1.165) is 18.5 Å². The lowest BCUT2D eigenvalue weighted by atomic mass is 9.68. The fraction of sp³-hybridized carbons (Fsp3) is 0.111. The summed E-state index contributed by atoms with van der Waals surface area (Å²) in [7, 11) is 0. The number of allylic oxidation sites excluding steroid dienone is 8. The molecule has 0 saturated heterocycles. The Kier molecular flexibility index (Phi) is 12.1. The van der Waals surface area contributed by atoms with Gasteiger partial charge < -0.3 is 5.32 Å². The molecule has 65 heavy (non-hydrogen) atoms. The van der Waals surface area contributed by atoms with Crippen molar-refractivity contribution in [3.63, 3.8) is 0 Å². The molecule has 1 atom stereocenters. The molecule has 1 nitrogen and oxygen atoms in total. The van der Waals surface area contributed by atoms with Crippen LogP contribution < -0.4 is 5.32 Å². The minimum atomic E-state index is -0.372. The van der Waals surface area contributed by atoms with Gasteiger partial charge in [-0.25, -0.2) is 0 Å². The van der Waals surface area contributed by atoms with Crippen molar-refractivity contribution in [1.82, 2.24) is 0 Å². The third-order valence-corrected chi connectivity index (χ3v) is 14.2. The van der Waals surface area contributed by atoms with E-state index in [2.05, 4.69) is 242 Å². The molecule has 0 radical (unpaired) electrons. The van der Waals surface area contributed by atoms with Gasteiger partial charge in [-0.3, -0.25) is 0 Å². The van der Waals surface area contributed by atoms with E-state index in [-0.39, 0.29) is 11.3 Å². The Balaban J connectivity index is 0.000000197. The van der Waals surface area contributed by atoms with Crippen LogP contribution in [0.25, 0.3) is 48.0 Å². The van der Waals surface area contributed by atoms with Crippen molar-refractivity contribution in [2.75, 3.05) is 5.32 Å². The maximum Gasteiger partial charge on any atom is 0.0713 e. The first kappa shape index (κ1) is 41.7. The molecule has 12 rings (SSSR count). The van der Waals surface area contributed by atoms with E-state index in [1.54, 1.807) is 0 Å². The summed E-state index contributed by atoms with van der Waals surface area (Å²) in [6.45, 7) is 4.00. The Morgan fingerprint density at radius 3 is 1.82 bits per heavy atom. The van der Waals surface area contributed by atoms with Gasteiger partial charge >= 0.3 is 0 Å². The molecule has 0 spiro atoms. The first-order chi connectivity index (χ1) is 32.2. The quantitative estimate of drug-likeness (QED) is 0.168. The van der Waals surface area contributed by atoms with Crippen molar-refractivity contribution in [1.29, 1.82) is 0 Å². The van der Waals surface area contributed by atoms with Crippen LogP contribution in [-0.4, -0.2) is 0 Å². The number of rotatable bonds is 7. The molecule has 0 bridgehead atoms. The molecule has 1 N–H and O–H groups in total. The number of thiophene rings is 1. The molecule has 0 fully saturated rings. The first-order valence-electron chi connectivity index (χ1n) is 23.2. The van der Waals surface area contributed by atoms with Crippen LogP contribution in [0.15, 0.2) is 242 Å². The second-order valence-corrected chi connectivity index (χ2v) is 17.8. The van der Waals surface area contributed by atoms with Crippen molar-refractivity contribution in [3.8, 4) is 22.3 Å². The molecule has 316 valence electrons. The number of anilines is 1. The molecule has 1 aromatic heterocycles. The predicted octanol–water partition coefficient (Wildman–Crippen LogP) is 17.6. The van der Waals surface area contributed by atoms with Crippen LogP contribution in [0.5, 0.6) is 0 Å². The van der Waals surface area contributed by atoms with Gasteiger partial charge in [0.15, 0.2) is 0 Å². The minimum absolute atomic E-state index is 0.286. The maximum absolute atomic E-state index is 3.79. The molecule has 1 heterocycles. The number of hydrogen-bond acceptors (Lipinski definition) is 2. The van der Waals surface area contributed by atoms with Crippen molar-refractivity contribution >= 4 is 42.8 Å². The van der Waals surface area contributed by atoms with Gasteiger partial charge in [0, 0.05) is 37.5 Å². The summed E-state index contributed by atoms with van der Waals surface area (Å²) < 4.78 is 2.76. The average Bonchev–Trinajstić information content (AvgIpc) is 3.92. The maximum atomic E-state index is 3.79. The summed E-state index contributed by atoms with van der Waals surface area (Å²) in [6, 6.07) is 73.1. The second-order valence-electron chi connectivity index (χ2n) is 16.7. The molecular weight excluding hydrogens is 803 g/mol. The second kappa shape index (κ2) is 18.8. The van der Waals surface area contributed by atoms with Crippen LogP contribution in [0.1, 0.15) is 72.4 Å². The lowest BCUT2D eigenvalue weighted by Crippen LogP contribution is -2.28. The van der Waals surface area contributed by atoms with Crippen molar-refractivity contribution in [2.24, 2.45) is 0 Å². The smallest absolute Gasteiger partial charge is 0.0713 e. The molecule has 1 unspecified atom stereocenters. The van der Waals surface area contributed by atoms with Crippen LogP contribution in [0.2, 0.25) is 0 Å². The van der Waals surface area contributed by atoms with E-state index in [1.165, 1.54) is 93.5 Å². The molecule has 0 aliphatic heterocycles. The molecule has 8 aromatic carbocycles. The van der Waals surface area contributed by atoms with Crippen molar-refractivity contribution < 1.29 is 0 Å². The van der Waals surface area contributed by atoms with Crippen LogP contribution >= 0.6 is 11.3 Å². The molecule has 3 aliphatic rings. The molecule has 3 aliphatic carbocycles. The summed E-state index contributed by atoms with van der Waals surface area (Å²) >= 11 is 1.88. The van der Waals surface area contributed by atoms with E-state index in [1.807, 2.05) is 25.2 Å². The minimum Gasteiger partial charge on any atom is -0.358 e. The van der Waals surface area contributed by atoms with Gasteiger partial charge in [-0.05, 0) is 117 Å². The zero-order chi connectivity index (χ0) is 44.0. The highest BCUT2D eigenvalue weighted by Crippen LogP contribution is 2.56. The van der Waals surface area contributed by atoms with Crippen LogP contribution in [0.3, 0.4) is 0 Å². The predicted molar refractivity (Wildman–Crippen MR) is 281 cm³/mol. The Labute approximate surface area is 388 Å². The number of fused-ring (bicyclic) bond motifs is 6. The molecule has 0 amide bonds. The topological polar surface area (TPSA) is 12.0 Å². The highest BCUT2D eigenvalue weighted by molar-refractivity contribution is 7.25. The average molecular weight is 856 g/mol.